The van der Waals surface area contributed by atoms with Gasteiger partial charge in [0.1, 0.15) is 67.1 Å². The van der Waals surface area contributed by atoms with E-state index in [1.54, 1.807) is 0 Å². The third-order valence-electron chi connectivity index (χ3n) is 18.4. The van der Waals surface area contributed by atoms with Gasteiger partial charge in [0.05, 0.1) is 37.6 Å². The average Bonchev–Trinajstić information content (AvgIpc) is 3.62. The van der Waals surface area contributed by atoms with Crippen LogP contribution in [0, 0.1) is 45.3 Å². The Morgan fingerprint density at radius 2 is 1.28 bits per heavy atom. The van der Waals surface area contributed by atoms with E-state index in [9.17, 15) is 56.2 Å². The van der Waals surface area contributed by atoms with Gasteiger partial charge in [0, 0.05) is 0 Å². The van der Waals surface area contributed by atoms with Gasteiger partial charge in [0.15, 0.2) is 18.9 Å². The van der Waals surface area contributed by atoms with Crippen molar-refractivity contribution in [2.75, 3.05) is 19.8 Å². The molecule has 24 atom stereocenters. The molecule has 2 unspecified atom stereocenters. The molecule has 0 aromatic rings. The molecule has 3 saturated heterocycles. The maximum absolute atomic E-state index is 12.7. The number of allylic oxidation sites excluding steroid dienone is 2. The first-order valence-corrected chi connectivity index (χ1v) is 23.8. The Morgan fingerprint density at radius 1 is 0.672 bits per heavy atom. The summed E-state index contributed by atoms with van der Waals surface area (Å²) in [6.07, 6.45) is -12.4. The van der Waals surface area contributed by atoms with Crippen molar-refractivity contribution in [2.45, 2.75) is 217 Å². The highest BCUT2D eigenvalue weighted by Crippen LogP contribution is 2.76. The largest absolute Gasteiger partial charge is 0.394 e. The number of rotatable bonds is 12. The van der Waals surface area contributed by atoms with Crippen molar-refractivity contribution >= 4 is 0 Å². The summed E-state index contributed by atoms with van der Waals surface area (Å²) in [6, 6.07) is 0. The van der Waals surface area contributed by atoms with Crippen LogP contribution in [0.15, 0.2) is 11.6 Å². The molecule has 11 N–H and O–H groups in total. The zero-order valence-corrected chi connectivity index (χ0v) is 39.0. The average molecular weight is 917 g/mol. The predicted octanol–water partition coefficient (Wildman–Crippen LogP) is 0.612. The Balaban J connectivity index is 1.11. The fourth-order valence-electron chi connectivity index (χ4n) is 14.5. The minimum Gasteiger partial charge on any atom is -0.394 e. The fourth-order valence-corrected chi connectivity index (χ4v) is 14.5. The van der Waals surface area contributed by atoms with E-state index < -0.39 is 116 Å². The number of ether oxygens (including phenoxy) is 6. The van der Waals surface area contributed by atoms with Gasteiger partial charge in [-0.2, -0.15) is 0 Å². The normalized spacial score (nSPS) is 52.5. The molecule has 7 rings (SSSR count). The van der Waals surface area contributed by atoms with Gasteiger partial charge in [-0.3, -0.25) is 0 Å². The summed E-state index contributed by atoms with van der Waals surface area (Å²) < 4.78 is 36.5. The Kier molecular flexibility index (Phi) is 14.9. The monoisotopic (exact) mass is 917 g/mol. The lowest BCUT2D eigenvalue weighted by Crippen LogP contribution is -2.67. The summed E-state index contributed by atoms with van der Waals surface area (Å²) in [6.45, 7) is 16.3. The van der Waals surface area contributed by atoms with E-state index in [1.807, 2.05) is 20.8 Å². The van der Waals surface area contributed by atoms with Gasteiger partial charge in [-0.25, -0.2) is 0 Å². The molecule has 3 aliphatic heterocycles. The topological polar surface area (TPSA) is 278 Å². The first-order valence-electron chi connectivity index (χ1n) is 23.8. The van der Waals surface area contributed by atoms with Crippen molar-refractivity contribution in [3.8, 4) is 0 Å². The molecule has 0 bridgehead atoms. The Hall–Kier alpha value is -0.940. The number of hydrogen-bond acceptors (Lipinski definition) is 17. The number of aliphatic hydroxyl groups excluding tert-OH is 11. The molecule has 0 amide bonds. The Bertz CT molecular complexity index is 1630. The van der Waals surface area contributed by atoms with Crippen LogP contribution in [0.5, 0.6) is 0 Å². The van der Waals surface area contributed by atoms with E-state index in [0.29, 0.717) is 25.7 Å². The number of fused-ring (bicyclic) bond motifs is 5. The van der Waals surface area contributed by atoms with E-state index >= 15 is 0 Å². The van der Waals surface area contributed by atoms with Crippen LogP contribution in [0.1, 0.15) is 113 Å². The molecule has 7 aliphatic rings. The molecule has 17 heteroatoms. The van der Waals surface area contributed by atoms with E-state index in [2.05, 4.69) is 40.7 Å². The van der Waals surface area contributed by atoms with Crippen molar-refractivity contribution in [3.05, 3.63) is 11.6 Å². The fraction of sp³-hybridized carbons (Fsp3) is 0.957. The summed E-state index contributed by atoms with van der Waals surface area (Å²) in [7, 11) is 0. The first-order chi connectivity index (χ1) is 29.9. The quantitative estimate of drug-likeness (QED) is 0.0946. The van der Waals surface area contributed by atoms with Crippen LogP contribution in [0.4, 0.5) is 0 Å². The van der Waals surface area contributed by atoms with Crippen molar-refractivity contribution < 1.29 is 84.6 Å². The molecule has 0 aromatic heterocycles. The van der Waals surface area contributed by atoms with Crippen molar-refractivity contribution in [1.29, 1.82) is 0 Å². The lowest BCUT2D eigenvalue weighted by molar-refractivity contribution is -0.346. The molecule has 0 radical (unpaired) electrons. The molecule has 0 spiro atoms. The SMILES string of the molecule is CC(C)=CCC[C@](C)(O[C@@H]1O[C@H](CO[C@@H]2OC[C@H](O)[C@@H](O)[C@@H]2O)[C@@H](O)[C@H](O)[C@H]1O)[C@H]1CC[C@]2(C)C1[C@@H](O)C[C@@H]1[C@@]3(C)CC[C@H](O[C@@H]4O[C@H](CO)[C@@H](O)[C@H](O)[C@H]4O)C(C)(C)C3CC[C@]12C. The highest BCUT2D eigenvalue weighted by molar-refractivity contribution is 5.20. The Morgan fingerprint density at radius 3 is 1.94 bits per heavy atom. The molecule has 3 heterocycles. The summed E-state index contributed by atoms with van der Waals surface area (Å²) in [5.74, 6) is -0.0478. The molecule has 17 nitrogen and oxygen atoms in total. The number of hydrogen-bond donors (Lipinski definition) is 11. The van der Waals surface area contributed by atoms with Crippen LogP contribution in [0.25, 0.3) is 0 Å². The summed E-state index contributed by atoms with van der Waals surface area (Å²) in [5.41, 5.74) is -0.948. The van der Waals surface area contributed by atoms with Crippen molar-refractivity contribution in [1.82, 2.24) is 0 Å². The number of aliphatic hydroxyl groups is 11. The lowest BCUT2D eigenvalue weighted by atomic mass is 9.35. The standard InChI is InChI=1S/C47H80O17/c1-22(2)10-9-14-47(8,64-42-39(58)36(55)34(53)27(62-42)21-60-40-37(56)32(51)25(50)20-59-40)23-11-16-46(7)31(23)24(49)18-29-44(5)15-13-30(43(3,4)28(44)12-17-45(29,46)6)63-41-38(57)35(54)33(52)26(19-48)61-41/h10,23-42,48-58H,9,11-21H2,1-8H3/t23-,24-,25-,26+,27+,28?,29+,30-,31?,32+,33+,34+,35-,36-,37-,38+,39+,40-,41-,42-,44-,45+,46+,47-/m0/s1. The van der Waals surface area contributed by atoms with Gasteiger partial charge < -0.3 is 84.6 Å². The van der Waals surface area contributed by atoms with Crippen LogP contribution in [-0.4, -0.2) is 180 Å². The maximum atomic E-state index is 12.7. The molecular weight excluding hydrogens is 836 g/mol. The van der Waals surface area contributed by atoms with E-state index in [-0.39, 0.29) is 52.6 Å². The second-order valence-corrected chi connectivity index (χ2v) is 22.5. The van der Waals surface area contributed by atoms with Crippen LogP contribution in [0.3, 0.4) is 0 Å². The zero-order valence-electron chi connectivity index (χ0n) is 39.0. The van der Waals surface area contributed by atoms with Crippen molar-refractivity contribution in [2.24, 2.45) is 45.3 Å². The van der Waals surface area contributed by atoms with Crippen LogP contribution in [0.2, 0.25) is 0 Å². The van der Waals surface area contributed by atoms with Crippen molar-refractivity contribution in [3.63, 3.8) is 0 Å². The highest BCUT2D eigenvalue weighted by atomic mass is 16.7. The Labute approximate surface area is 377 Å². The second kappa shape index (κ2) is 18.8. The summed E-state index contributed by atoms with van der Waals surface area (Å²) >= 11 is 0. The summed E-state index contributed by atoms with van der Waals surface area (Å²) in [5, 5.41) is 118. The maximum Gasteiger partial charge on any atom is 0.187 e. The van der Waals surface area contributed by atoms with Gasteiger partial charge in [0.25, 0.3) is 0 Å². The van der Waals surface area contributed by atoms with Gasteiger partial charge >= 0.3 is 0 Å². The second-order valence-electron chi connectivity index (χ2n) is 22.5. The molecular formula is C47H80O17. The third-order valence-corrected chi connectivity index (χ3v) is 18.4. The van der Waals surface area contributed by atoms with Gasteiger partial charge in [-0.05, 0) is 124 Å². The van der Waals surface area contributed by atoms with Crippen LogP contribution in [-0.2, 0) is 28.4 Å². The molecule has 4 aliphatic carbocycles. The minimum absolute atomic E-state index is 0.149. The molecule has 7 fully saturated rings. The lowest BCUT2D eigenvalue weighted by Gasteiger charge is -2.71. The molecule has 4 saturated carbocycles. The zero-order chi connectivity index (χ0) is 47.1. The predicted molar refractivity (Wildman–Crippen MR) is 228 cm³/mol. The van der Waals surface area contributed by atoms with E-state index in [4.69, 9.17) is 28.4 Å². The van der Waals surface area contributed by atoms with E-state index in [0.717, 1.165) is 37.7 Å². The smallest absolute Gasteiger partial charge is 0.187 e. The first kappa shape index (κ1) is 50.9. The van der Waals surface area contributed by atoms with Gasteiger partial charge in [0.2, 0.25) is 0 Å². The summed E-state index contributed by atoms with van der Waals surface area (Å²) in [4.78, 5) is 0. The van der Waals surface area contributed by atoms with Crippen LogP contribution < -0.4 is 0 Å². The highest BCUT2D eigenvalue weighted by Gasteiger charge is 2.72. The van der Waals surface area contributed by atoms with Gasteiger partial charge in [-0.15, -0.1) is 0 Å². The third kappa shape index (κ3) is 8.60. The minimum atomic E-state index is -1.68. The molecule has 0 aromatic carbocycles. The molecule has 64 heavy (non-hydrogen) atoms. The van der Waals surface area contributed by atoms with E-state index in [1.165, 1.54) is 0 Å². The van der Waals surface area contributed by atoms with Gasteiger partial charge in [-0.1, -0.05) is 46.3 Å². The molecule has 370 valence electrons. The van der Waals surface area contributed by atoms with Crippen LogP contribution >= 0.6 is 0 Å².